The van der Waals surface area contributed by atoms with Crippen LogP contribution in [-0.4, -0.2) is 33.4 Å². The summed E-state index contributed by atoms with van der Waals surface area (Å²) in [5.41, 5.74) is 6.63. The number of carbonyl (C=O) groups is 1. The zero-order valence-corrected chi connectivity index (χ0v) is 13.0. The van der Waals surface area contributed by atoms with E-state index in [0.717, 1.165) is 18.5 Å². The molecule has 1 aromatic heterocycles. The molecule has 3 rings (SSSR count). The number of nitrogens with zero attached hydrogens (tertiary/aromatic N) is 2. The largest absolute Gasteiger partial charge is 0.504 e. The van der Waals surface area contributed by atoms with Crippen molar-refractivity contribution >= 4 is 5.91 Å². The Labute approximate surface area is 135 Å². The van der Waals surface area contributed by atoms with Crippen molar-refractivity contribution in [3.63, 3.8) is 0 Å². The van der Waals surface area contributed by atoms with E-state index in [2.05, 4.69) is 10.4 Å². The summed E-state index contributed by atoms with van der Waals surface area (Å²) in [5, 5.41) is 17.2. The Morgan fingerprint density at radius 2 is 2.04 bits per heavy atom. The van der Waals surface area contributed by atoms with Crippen molar-refractivity contribution in [3.05, 3.63) is 42.2 Å². The van der Waals surface area contributed by atoms with Crippen LogP contribution in [0.25, 0.3) is 5.69 Å². The van der Waals surface area contributed by atoms with Gasteiger partial charge in [-0.15, -0.1) is 0 Å². The first-order valence-electron chi connectivity index (χ1n) is 8.04. The second-order valence-corrected chi connectivity index (χ2v) is 6.00. The van der Waals surface area contributed by atoms with E-state index in [1.54, 1.807) is 0 Å². The maximum atomic E-state index is 12.4. The van der Waals surface area contributed by atoms with Gasteiger partial charge in [-0.05, 0) is 30.9 Å². The fourth-order valence-corrected chi connectivity index (χ4v) is 3.21. The van der Waals surface area contributed by atoms with Crippen molar-refractivity contribution in [2.75, 3.05) is 6.54 Å². The number of aromatic hydroxyl groups is 1. The lowest BCUT2D eigenvalue weighted by Gasteiger charge is -2.22. The molecule has 1 heterocycles. The van der Waals surface area contributed by atoms with E-state index in [1.807, 2.05) is 30.3 Å². The number of amides is 1. The van der Waals surface area contributed by atoms with Crippen LogP contribution in [0.2, 0.25) is 0 Å². The molecule has 1 amide bonds. The van der Waals surface area contributed by atoms with E-state index in [-0.39, 0.29) is 23.4 Å². The molecular weight excluding hydrogens is 292 g/mol. The molecule has 1 aliphatic carbocycles. The summed E-state index contributed by atoms with van der Waals surface area (Å²) in [6, 6.07) is 9.29. The summed E-state index contributed by atoms with van der Waals surface area (Å²) in [7, 11) is 0. The molecule has 1 saturated carbocycles. The lowest BCUT2D eigenvalue weighted by molar-refractivity contribution is 0.0916. The average Bonchev–Trinajstić information content (AvgIpc) is 3.23. The van der Waals surface area contributed by atoms with Crippen LogP contribution in [0.15, 0.2) is 36.5 Å². The Balaban J connectivity index is 1.75. The van der Waals surface area contributed by atoms with Crippen LogP contribution in [0.3, 0.4) is 0 Å². The van der Waals surface area contributed by atoms with Crippen molar-refractivity contribution in [1.82, 2.24) is 15.1 Å². The number of nitrogens with two attached hydrogens (primary N) is 1. The number of nitrogens with one attached hydrogen (secondary N) is 1. The maximum Gasteiger partial charge on any atom is 0.275 e. The first kappa shape index (κ1) is 15.6. The minimum atomic E-state index is -0.375. The fraction of sp³-hybridized carbons (Fsp3) is 0.412. The summed E-state index contributed by atoms with van der Waals surface area (Å²) < 4.78 is 1.50. The molecule has 6 heteroatoms. The molecule has 1 aliphatic rings. The third-order valence-corrected chi connectivity index (χ3v) is 4.47. The van der Waals surface area contributed by atoms with Crippen LogP contribution in [0, 0.1) is 5.92 Å². The summed E-state index contributed by atoms with van der Waals surface area (Å²) in [6.45, 7) is 0.399. The monoisotopic (exact) mass is 314 g/mol. The number of benzene rings is 1. The van der Waals surface area contributed by atoms with Gasteiger partial charge in [-0.2, -0.15) is 5.10 Å². The van der Waals surface area contributed by atoms with Gasteiger partial charge in [-0.3, -0.25) is 4.79 Å². The Hall–Kier alpha value is -2.34. The molecule has 23 heavy (non-hydrogen) atoms. The van der Waals surface area contributed by atoms with E-state index in [9.17, 15) is 9.90 Å². The summed E-state index contributed by atoms with van der Waals surface area (Å²) in [5.74, 6) is -0.0876. The topological polar surface area (TPSA) is 93.2 Å². The second kappa shape index (κ2) is 6.83. The number of hydrogen-bond acceptors (Lipinski definition) is 4. The van der Waals surface area contributed by atoms with Crippen molar-refractivity contribution in [2.45, 2.75) is 31.7 Å². The average molecular weight is 314 g/mol. The molecule has 6 nitrogen and oxygen atoms in total. The molecule has 0 aliphatic heterocycles. The van der Waals surface area contributed by atoms with Gasteiger partial charge >= 0.3 is 0 Å². The summed E-state index contributed by atoms with van der Waals surface area (Å²) >= 11 is 0. The number of rotatable bonds is 5. The van der Waals surface area contributed by atoms with Gasteiger partial charge in [0, 0.05) is 12.6 Å². The molecular formula is C17H22N4O2. The van der Waals surface area contributed by atoms with Gasteiger partial charge in [0.05, 0.1) is 11.9 Å². The van der Waals surface area contributed by atoms with Gasteiger partial charge in [0.25, 0.3) is 5.91 Å². The molecule has 1 atom stereocenters. The molecule has 4 N–H and O–H groups in total. The van der Waals surface area contributed by atoms with Crippen molar-refractivity contribution in [2.24, 2.45) is 11.7 Å². The van der Waals surface area contributed by atoms with Gasteiger partial charge in [0.15, 0.2) is 11.4 Å². The number of para-hydroxylation sites is 1. The lowest BCUT2D eigenvalue weighted by atomic mass is 9.98. The van der Waals surface area contributed by atoms with E-state index in [1.165, 1.54) is 23.7 Å². The minimum Gasteiger partial charge on any atom is -0.504 e. The quantitative estimate of drug-likeness (QED) is 0.785. The predicted octanol–water partition coefficient (Wildman–Crippen LogP) is 1.83. The Morgan fingerprint density at radius 1 is 1.35 bits per heavy atom. The molecule has 0 bridgehead atoms. The molecule has 0 saturated heterocycles. The smallest absolute Gasteiger partial charge is 0.275 e. The van der Waals surface area contributed by atoms with Gasteiger partial charge in [-0.1, -0.05) is 31.0 Å². The Bertz CT molecular complexity index is 662. The van der Waals surface area contributed by atoms with Crippen molar-refractivity contribution in [3.8, 4) is 11.4 Å². The third kappa shape index (κ3) is 3.37. The highest BCUT2D eigenvalue weighted by atomic mass is 16.3. The Kier molecular flexibility index (Phi) is 4.62. The molecule has 1 unspecified atom stereocenters. The first-order chi connectivity index (χ1) is 11.2. The van der Waals surface area contributed by atoms with Crippen molar-refractivity contribution < 1.29 is 9.90 Å². The molecule has 122 valence electrons. The predicted molar refractivity (Wildman–Crippen MR) is 87.5 cm³/mol. The van der Waals surface area contributed by atoms with Gasteiger partial charge in [0.2, 0.25) is 0 Å². The SMILES string of the molecule is NCC(NC(=O)c1nn(-c2ccccc2)cc1O)C1CCCC1. The van der Waals surface area contributed by atoms with Crippen LogP contribution in [-0.2, 0) is 0 Å². The van der Waals surface area contributed by atoms with E-state index < -0.39 is 0 Å². The Morgan fingerprint density at radius 3 is 2.70 bits per heavy atom. The highest BCUT2D eigenvalue weighted by Crippen LogP contribution is 2.28. The molecule has 1 aromatic carbocycles. The van der Waals surface area contributed by atoms with E-state index in [4.69, 9.17) is 5.73 Å². The normalized spacial score (nSPS) is 16.4. The molecule has 0 spiro atoms. The van der Waals surface area contributed by atoms with Crippen LogP contribution < -0.4 is 11.1 Å². The third-order valence-electron chi connectivity index (χ3n) is 4.47. The van der Waals surface area contributed by atoms with Crippen LogP contribution >= 0.6 is 0 Å². The van der Waals surface area contributed by atoms with Crippen LogP contribution in [0.1, 0.15) is 36.2 Å². The standard InChI is InChI=1S/C17H22N4O2/c18-10-14(12-6-4-5-7-12)19-17(23)16-15(22)11-21(20-16)13-8-2-1-3-9-13/h1-3,8-9,11-12,14,22H,4-7,10,18H2,(H,19,23). The zero-order chi connectivity index (χ0) is 16.2. The van der Waals surface area contributed by atoms with Crippen molar-refractivity contribution in [1.29, 1.82) is 0 Å². The lowest BCUT2D eigenvalue weighted by Crippen LogP contribution is -2.44. The van der Waals surface area contributed by atoms with Gasteiger partial charge < -0.3 is 16.2 Å². The molecule has 2 aromatic rings. The van der Waals surface area contributed by atoms with E-state index >= 15 is 0 Å². The summed E-state index contributed by atoms with van der Waals surface area (Å²) in [6.07, 6.45) is 5.99. The minimum absolute atomic E-state index is 0.0327. The number of aromatic nitrogens is 2. The number of hydrogen-bond donors (Lipinski definition) is 3. The fourth-order valence-electron chi connectivity index (χ4n) is 3.21. The van der Waals surface area contributed by atoms with E-state index in [0.29, 0.717) is 12.5 Å². The number of carbonyl (C=O) groups excluding carboxylic acids is 1. The molecule has 1 fully saturated rings. The molecule has 0 radical (unpaired) electrons. The van der Waals surface area contributed by atoms with Gasteiger partial charge in [0.1, 0.15) is 0 Å². The second-order valence-electron chi connectivity index (χ2n) is 6.00. The maximum absolute atomic E-state index is 12.4. The van der Waals surface area contributed by atoms with Crippen LogP contribution in [0.4, 0.5) is 0 Å². The van der Waals surface area contributed by atoms with Gasteiger partial charge in [-0.25, -0.2) is 4.68 Å². The summed E-state index contributed by atoms with van der Waals surface area (Å²) in [4.78, 5) is 12.4. The highest BCUT2D eigenvalue weighted by molar-refractivity contribution is 5.95. The van der Waals surface area contributed by atoms with Crippen LogP contribution in [0.5, 0.6) is 5.75 Å². The zero-order valence-electron chi connectivity index (χ0n) is 13.0. The highest BCUT2D eigenvalue weighted by Gasteiger charge is 2.27. The first-order valence-corrected chi connectivity index (χ1v) is 8.04.